The zero-order valence-corrected chi connectivity index (χ0v) is 16.8. The highest BCUT2D eigenvalue weighted by Gasteiger charge is 2.36. The number of methoxy groups -OCH3 is 1. The number of nitrogens with one attached hydrogen (secondary N) is 1. The van der Waals surface area contributed by atoms with E-state index in [1.54, 1.807) is 7.11 Å². The van der Waals surface area contributed by atoms with Gasteiger partial charge in [0.2, 0.25) is 20.0 Å². The van der Waals surface area contributed by atoms with Crippen LogP contribution in [0.1, 0.15) is 24.4 Å². The van der Waals surface area contributed by atoms with Crippen LogP contribution in [-0.4, -0.2) is 41.1 Å². The maximum Gasteiger partial charge on any atom is 0.243 e. The summed E-state index contributed by atoms with van der Waals surface area (Å²) in [6.45, 7) is 0.447. The molecule has 0 radical (unpaired) electrons. The zero-order chi connectivity index (χ0) is 19.7. The molecule has 7 nitrogen and oxygen atoms in total. The lowest BCUT2D eigenvalue weighted by atomic mass is 10.1. The van der Waals surface area contributed by atoms with Crippen LogP contribution in [0.5, 0.6) is 5.75 Å². The highest BCUT2D eigenvalue weighted by atomic mass is 32.2. The average molecular weight is 411 g/mol. The van der Waals surface area contributed by atoms with Gasteiger partial charge in [0, 0.05) is 12.2 Å². The summed E-state index contributed by atoms with van der Waals surface area (Å²) in [5.41, 5.74) is 1.25. The Bertz CT molecular complexity index is 1000. The Labute approximate surface area is 160 Å². The molecule has 1 saturated heterocycles. The van der Waals surface area contributed by atoms with Crippen molar-refractivity contribution in [3.05, 3.63) is 54.1 Å². The molecule has 2 aromatic rings. The molecule has 0 saturated carbocycles. The van der Waals surface area contributed by atoms with Crippen LogP contribution in [0.2, 0.25) is 0 Å². The van der Waals surface area contributed by atoms with Gasteiger partial charge in [0.05, 0.1) is 24.3 Å². The number of nitrogens with zero attached hydrogens (tertiary/aromatic N) is 1. The molecule has 0 amide bonds. The van der Waals surface area contributed by atoms with E-state index in [4.69, 9.17) is 4.74 Å². The van der Waals surface area contributed by atoms with E-state index < -0.39 is 20.0 Å². The Morgan fingerprint density at radius 1 is 1.00 bits per heavy atom. The molecule has 1 N–H and O–H groups in total. The molecule has 0 spiro atoms. The van der Waals surface area contributed by atoms with Crippen molar-refractivity contribution in [2.75, 3.05) is 24.6 Å². The molecule has 1 atom stereocenters. The van der Waals surface area contributed by atoms with Crippen molar-refractivity contribution in [3.63, 3.8) is 0 Å². The molecular weight excluding hydrogens is 388 g/mol. The maximum absolute atomic E-state index is 13.1. The summed E-state index contributed by atoms with van der Waals surface area (Å²) in [6.07, 6.45) is 2.57. The van der Waals surface area contributed by atoms with Gasteiger partial charge >= 0.3 is 0 Å². The fourth-order valence-corrected chi connectivity index (χ4v) is 5.48. The van der Waals surface area contributed by atoms with Crippen molar-refractivity contribution in [1.29, 1.82) is 0 Å². The van der Waals surface area contributed by atoms with E-state index >= 15 is 0 Å². The highest BCUT2D eigenvalue weighted by molar-refractivity contribution is 7.92. The normalized spacial score (nSPS) is 18.4. The van der Waals surface area contributed by atoms with Crippen LogP contribution in [0.4, 0.5) is 5.69 Å². The summed E-state index contributed by atoms with van der Waals surface area (Å²) in [7, 11) is -5.51. The molecule has 0 unspecified atom stereocenters. The number of ether oxygens (including phenoxy) is 1. The van der Waals surface area contributed by atoms with Gasteiger partial charge in [0.25, 0.3) is 0 Å². The van der Waals surface area contributed by atoms with Crippen LogP contribution in [-0.2, 0) is 20.0 Å². The lowest BCUT2D eigenvalue weighted by Gasteiger charge is -2.24. The summed E-state index contributed by atoms with van der Waals surface area (Å²) >= 11 is 0. The first-order valence-electron chi connectivity index (χ1n) is 8.44. The SMILES string of the molecule is COc1ccc([C@@H]2CCCN2S(=O)(=O)c2ccc(NS(C)(=O)=O)cc2)cc1. The Morgan fingerprint density at radius 2 is 1.63 bits per heavy atom. The minimum Gasteiger partial charge on any atom is -0.497 e. The second-order valence-corrected chi connectivity index (χ2v) is 10.1. The van der Waals surface area contributed by atoms with Gasteiger partial charge in [-0.3, -0.25) is 4.72 Å². The van der Waals surface area contributed by atoms with Crippen molar-refractivity contribution in [2.45, 2.75) is 23.8 Å². The molecule has 3 rings (SSSR count). The zero-order valence-electron chi connectivity index (χ0n) is 15.1. The number of rotatable bonds is 6. The molecule has 2 aromatic carbocycles. The molecule has 1 heterocycles. The monoisotopic (exact) mass is 410 g/mol. The highest BCUT2D eigenvalue weighted by Crippen LogP contribution is 2.37. The van der Waals surface area contributed by atoms with Crippen LogP contribution in [0.3, 0.4) is 0 Å². The standard InChI is InChI=1S/C18H22N2O5S2/c1-25-16-9-5-14(6-10-16)18-4-3-13-20(18)27(23,24)17-11-7-15(8-12-17)19-26(2,21)22/h5-12,18-19H,3-4,13H2,1-2H3/t18-/m0/s1. The predicted octanol–water partition coefficient (Wildman–Crippen LogP) is 2.59. The van der Waals surface area contributed by atoms with E-state index in [1.807, 2.05) is 24.3 Å². The molecule has 1 fully saturated rings. The van der Waals surface area contributed by atoms with Gasteiger partial charge in [-0.1, -0.05) is 12.1 Å². The van der Waals surface area contributed by atoms with E-state index in [0.29, 0.717) is 12.2 Å². The smallest absolute Gasteiger partial charge is 0.243 e. The molecule has 146 valence electrons. The number of benzene rings is 2. The third-order valence-electron chi connectivity index (χ3n) is 4.47. The summed E-state index contributed by atoms with van der Waals surface area (Å²) in [6, 6.07) is 12.9. The van der Waals surface area contributed by atoms with Crippen molar-refractivity contribution in [1.82, 2.24) is 4.31 Å². The van der Waals surface area contributed by atoms with Crippen LogP contribution in [0.25, 0.3) is 0 Å². The quantitative estimate of drug-likeness (QED) is 0.790. The Balaban J connectivity index is 1.86. The molecule has 27 heavy (non-hydrogen) atoms. The molecule has 0 aliphatic carbocycles. The minimum absolute atomic E-state index is 0.141. The molecule has 1 aliphatic heterocycles. The number of sulfonamides is 2. The van der Waals surface area contributed by atoms with Gasteiger partial charge in [-0.05, 0) is 54.8 Å². The van der Waals surface area contributed by atoms with Crippen LogP contribution < -0.4 is 9.46 Å². The molecule has 1 aliphatic rings. The Morgan fingerprint density at radius 3 is 2.19 bits per heavy atom. The van der Waals surface area contributed by atoms with Crippen LogP contribution >= 0.6 is 0 Å². The molecule has 0 aromatic heterocycles. The fourth-order valence-electron chi connectivity index (χ4n) is 3.23. The van der Waals surface area contributed by atoms with Gasteiger partial charge < -0.3 is 4.74 Å². The Hall–Kier alpha value is -2.10. The lowest BCUT2D eigenvalue weighted by Crippen LogP contribution is -2.30. The summed E-state index contributed by atoms with van der Waals surface area (Å²) < 4.78 is 57.8. The Kier molecular flexibility index (Phi) is 5.45. The minimum atomic E-state index is -3.69. The van der Waals surface area contributed by atoms with E-state index in [0.717, 1.165) is 30.4 Å². The third-order valence-corrected chi connectivity index (χ3v) is 7.00. The first kappa shape index (κ1) is 19.7. The van der Waals surface area contributed by atoms with Crippen LogP contribution in [0, 0.1) is 0 Å². The fraction of sp³-hybridized carbons (Fsp3) is 0.333. The van der Waals surface area contributed by atoms with Crippen molar-refractivity contribution < 1.29 is 21.6 Å². The van der Waals surface area contributed by atoms with Gasteiger partial charge in [0.1, 0.15) is 5.75 Å². The maximum atomic E-state index is 13.1. The first-order valence-corrected chi connectivity index (χ1v) is 11.8. The number of hydrogen-bond acceptors (Lipinski definition) is 5. The van der Waals surface area contributed by atoms with Crippen LogP contribution in [0.15, 0.2) is 53.4 Å². The number of anilines is 1. The molecule has 9 heteroatoms. The van der Waals surface area contributed by atoms with E-state index in [2.05, 4.69) is 4.72 Å². The van der Waals surface area contributed by atoms with Gasteiger partial charge in [0.15, 0.2) is 0 Å². The first-order chi connectivity index (χ1) is 12.7. The lowest BCUT2D eigenvalue weighted by molar-refractivity contribution is 0.394. The van der Waals surface area contributed by atoms with Crippen molar-refractivity contribution >= 4 is 25.7 Å². The average Bonchev–Trinajstić information content (AvgIpc) is 3.11. The summed E-state index contributed by atoms with van der Waals surface area (Å²) in [5.74, 6) is 0.722. The molecular formula is C18H22N2O5S2. The topological polar surface area (TPSA) is 92.8 Å². The van der Waals surface area contributed by atoms with E-state index in [-0.39, 0.29) is 10.9 Å². The van der Waals surface area contributed by atoms with Crippen molar-refractivity contribution in [2.24, 2.45) is 0 Å². The second-order valence-electron chi connectivity index (χ2n) is 6.45. The second kappa shape index (κ2) is 7.49. The van der Waals surface area contributed by atoms with E-state index in [9.17, 15) is 16.8 Å². The van der Waals surface area contributed by atoms with E-state index in [1.165, 1.54) is 28.6 Å². The largest absolute Gasteiger partial charge is 0.497 e. The number of hydrogen-bond donors (Lipinski definition) is 1. The summed E-state index contributed by atoms with van der Waals surface area (Å²) in [4.78, 5) is 0.141. The predicted molar refractivity (Wildman–Crippen MR) is 104 cm³/mol. The molecule has 0 bridgehead atoms. The summed E-state index contributed by atoms with van der Waals surface area (Å²) in [5, 5.41) is 0. The third kappa shape index (κ3) is 4.42. The van der Waals surface area contributed by atoms with Crippen molar-refractivity contribution in [3.8, 4) is 5.75 Å². The van der Waals surface area contributed by atoms with Gasteiger partial charge in [-0.15, -0.1) is 0 Å². The van der Waals surface area contributed by atoms with Gasteiger partial charge in [-0.25, -0.2) is 16.8 Å². The van der Waals surface area contributed by atoms with Gasteiger partial charge in [-0.2, -0.15) is 4.31 Å².